The number of rotatable bonds is 13. The molecule has 0 amide bonds. The Morgan fingerprint density at radius 3 is 2.34 bits per heavy atom. The summed E-state index contributed by atoms with van der Waals surface area (Å²) in [4.78, 5) is 21.7. The van der Waals surface area contributed by atoms with Crippen LogP contribution in [0.15, 0.2) is 65.8 Å². The first-order valence-electron chi connectivity index (χ1n) is 12.4. The highest BCUT2D eigenvalue weighted by Crippen LogP contribution is 2.43. The Hall–Kier alpha value is -4.36. The molecule has 0 aliphatic carbocycles. The summed E-state index contributed by atoms with van der Waals surface area (Å²) >= 11 is 7.76. The number of hydrogen-bond acceptors (Lipinski definition) is 10. The molecule has 0 aliphatic heterocycles. The fourth-order valence-corrected chi connectivity index (χ4v) is 5.41. The predicted octanol–water partition coefficient (Wildman–Crippen LogP) is 6.23. The summed E-state index contributed by atoms with van der Waals surface area (Å²) in [5, 5.41) is 31.0. The molecule has 41 heavy (non-hydrogen) atoms. The first-order chi connectivity index (χ1) is 19.7. The van der Waals surface area contributed by atoms with Crippen LogP contribution < -0.4 is 14.2 Å². The summed E-state index contributed by atoms with van der Waals surface area (Å²) < 4.78 is 18.7. The molecule has 1 aromatic heterocycles. The smallest absolute Gasteiger partial charge is 0.269 e. The Balaban J connectivity index is 1.60. The van der Waals surface area contributed by atoms with Crippen molar-refractivity contribution in [1.82, 2.24) is 14.8 Å². The number of nitro groups is 2. The molecule has 0 fully saturated rings. The molecule has 0 saturated carbocycles. The molecule has 0 saturated heterocycles. The number of aromatic nitrogens is 3. The SMILES string of the molecule is CCOc1ccc(-n2c(C)nnc2S[C@@H](C[N+](=O)[O-])c2cc(Cl)c(OCc3ccc([N+](=O)[O-])cc3)c(OC)c2)cc1. The molecule has 0 spiro atoms. The van der Waals surface area contributed by atoms with Gasteiger partial charge in [0.05, 0.1) is 23.7 Å². The van der Waals surface area contributed by atoms with Crippen molar-refractivity contribution < 1.29 is 24.1 Å². The van der Waals surface area contributed by atoms with Crippen LogP contribution >= 0.6 is 23.4 Å². The van der Waals surface area contributed by atoms with E-state index >= 15 is 0 Å². The maximum Gasteiger partial charge on any atom is 0.269 e. The summed E-state index contributed by atoms with van der Waals surface area (Å²) in [6.45, 7) is 3.91. The second-order valence-electron chi connectivity index (χ2n) is 8.66. The van der Waals surface area contributed by atoms with Gasteiger partial charge in [0, 0.05) is 22.7 Å². The van der Waals surface area contributed by atoms with Gasteiger partial charge in [0.1, 0.15) is 23.4 Å². The highest BCUT2D eigenvalue weighted by Gasteiger charge is 2.26. The van der Waals surface area contributed by atoms with Crippen molar-refractivity contribution in [2.75, 3.05) is 20.3 Å². The van der Waals surface area contributed by atoms with Gasteiger partial charge in [-0.05, 0) is 73.5 Å². The van der Waals surface area contributed by atoms with Gasteiger partial charge in [-0.25, -0.2) is 0 Å². The Morgan fingerprint density at radius 1 is 1.02 bits per heavy atom. The highest BCUT2D eigenvalue weighted by atomic mass is 35.5. The van der Waals surface area contributed by atoms with Crippen LogP contribution in [0.2, 0.25) is 5.02 Å². The standard InChI is InChI=1S/C27H26ClN5O7S/c1-4-39-22-11-9-20(10-12-22)32-17(2)29-30-27(32)41-25(15-31(34)35)19-13-23(28)26(24(14-19)38-3)40-16-18-5-7-21(8-6-18)33(36)37/h5-14,25H,4,15-16H2,1-3H3/t25-/m0/s1. The van der Waals surface area contributed by atoms with Crippen molar-refractivity contribution in [2.45, 2.75) is 30.9 Å². The monoisotopic (exact) mass is 599 g/mol. The molecule has 0 aliphatic rings. The minimum atomic E-state index is -0.690. The van der Waals surface area contributed by atoms with E-state index in [2.05, 4.69) is 10.2 Å². The molecule has 0 N–H and O–H groups in total. The van der Waals surface area contributed by atoms with Crippen LogP contribution in [0.3, 0.4) is 0 Å². The van der Waals surface area contributed by atoms with E-state index < -0.39 is 21.6 Å². The number of benzene rings is 3. The van der Waals surface area contributed by atoms with Gasteiger partial charge in [0.2, 0.25) is 6.54 Å². The van der Waals surface area contributed by atoms with E-state index in [4.69, 9.17) is 25.8 Å². The largest absolute Gasteiger partial charge is 0.494 e. The number of thioether (sulfide) groups is 1. The first-order valence-corrected chi connectivity index (χ1v) is 13.6. The van der Waals surface area contributed by atoms with E-state index in [0.29, 0.717) is 28.7 Å². The van der Waals surface area contributed by atoms with E-state index in [1.165, 1.54) is 31.0 Å². The number of aryl methyl sites for hydroxylation is 1. The first kappa shape index (κ1) is 29.6. The third kappa shape index (κ3) is 7.24. The van der Waals surface area contributed by atoms with Gasteiger partial charge < -0.3 is 14.2 Å². The summed E-state index contributed by atoms with van der Waals surface area (Å²) in [7, 11) is 1.44. The lowest BCUT2D eigenvalue weighted by Gasteiger charge is -2.18. The average Bonchev–Trinajstić information content (AvgIpc) is 3.31. The van der Waals surface area contributed by atoms with Gasteiger partial charge in [-0.1, -0.05) is 23.4 Å². The van der Waals surface area contributed by atoms with Crippen molar-refractivity contribution in [1.29, 1.82) is 0 Å². The Kier molecular flexibility index (Phi) is 9.63. The molecule has 12 nitrogen and oxygen atoms in total. The van der Waals surface area contributed by atoms with Gasteiger partial charge in [-0.15, -0.1) is 10.2 Å². The van der Waals surface area contributed by atoms with Crippen LogP contribution in [-0.4, -0.2) is 44.9 Å². The average molecular weight is 600 g/mol. The van der Waals surface area contributed by atoms with E-state index in [1.54, 1.807) is 31.2 Å². The van der Waals surface area contributed by atoms with Crippen LogP contribution in [0.4, 0.5) is 5.69 Å². The van der Waals surface area contributed by atoms with Crippen molar-refractivity contribution in [3.05, 3.63) is 103 Å². The Labute approximate surface area is 244 Å². The minimum absolute atomic E-state index is 0.0309. The fourth-order valence-electron chi connectivity index (χ4n) is 3.98. The zero-order chi connectivity index (χ0) is 29.5. The van der Waals surface area contributed by atoms with Gasteiger partial charge in [-0.3, -0.25) is 24.8 Å². The fraction of sp³-hybridized carbons (Fsp3) is 0.259. The lowest BCUT2D eigenvalue weighted by molar-refractivity contribution is -0.479. The van der Waals surface area contributed by atoms with Crippen molar-refractivity contribution in [3.8, 4) is 22.9 Å². The molecule has 4 rings (SSSR count). The zero-order valence-electron chi connectivity index (χ0n) is 22.4. The number of ether oxygens (including phenoxy) is 3. The van der Waals surface area contributed by atoms with E-state index in [1.807, 2.05) is 35.8 Å². The summed E-state index contributed by atoms with van der Waals surface area (Å²) in [5.41, 5.74) is 1.97. The Bertz CT molecular complexity index is 1530. The van der Waals surface area contributed by atoms with Crippen LogP contribution in [0, 0.1) is 27.2 Å². The quantitative estimate of drug-likeness (QED) is 0.0984. The maximum atomic E-state index is 11.7. The lowest BCUT2D eigenvalue weighted by Crippen LogP contribution is -2.12. The third-order valence-corrected chi connectivity index (χ3v) is 7.38. The second-order valence-corrected chi connectivity index (χ2v) is 10.2. The van der Waals surface area contributed by atoms with Gasteiger partial charge in [-0.2, -0.15) is 0 Å². The summed E-state index contributed by atoms with van der Waals surface area (Å²) in [6.07, 6.45) is 0. The summed E-state index contributed by atoms with van der Waals surface area (Å²) in [6, 6.07) is 16.6. The predicted molar refractivity (Wildman–Crippen MR) is 153 cm³/mol. The molecule has 1 atom stereocenters. The normalized spacial score (nSPS) is 11.6. The van der Waals surface area contributed by atoms with Gasteiger partial charge in [0.25, 0.3) is 5.69 Å². The van der Waals surface area contributed by atoms with E-state index in [-0.39, 0.29) is 28.8 Å². The molecule has 0 radical (unpaired) electrons. The number of nitro benzene ring substituents is 1. The molecule has 14 heteroatoms. The maximum absolute atomic E-state index is 11.7. The van der Waals surface area contributed by atoms with Crippen LogP contribution in [0.1, 0.15) is 29.1 Å². The van der Waals surface area contributed by atoms with Crippen molar-refractivity contribution >= 4 is 29.1 Å². The van der Waals surface area contributed by atoms with Crippen molar-refractivity contribution in [2.24, 2.45) is 0 Å². The molecule has 0 bridgehead atoms. The molecule has 1 heterocycles. The second kappa shape index (κ2) is 13.3. The molecule has 214 valence electrons. The van der Waals surface area contributed by atoms with Crippen LogP contribution in [0.25, 0.3) is 5.69 Å². The molecule has 3 aromatic carbocycles. The zero-order valence-corrected chi connectivity index (χ0v) is 23.9. The third-order valence-electron chi connectivity index (χ3n) is 5.92. The Morgan fingerprint density at radius 2 is 1.73 bits per heavy atom. The van der Waals surface area contributed by atoms with Gasteiger partial charge in [0.15, 0.2) is 16.7 Å². The topological polar surface area (TPSA) is 145 Å². The van der Waals surface area contributed by atoms with Crippen LogP contribution in [-0.2, 0) is 6.61 Å². The summed E-state index contributed by atoms with van der Waals surface area (Å²) in [5.74, 6) is 1.86. The molecule has 4 aromatic rings. The minimum Gasteiger partial charge on any atom is -0.494 e. The number of non-ortho nitro benzene ring substituents is 1. The number of methoxy groups -OCH3 is 1. The number of nitrogens with zero attached hydrogens (tertiary/aromatic N) is 5. The molecular weight excluding hydrogens is 574 g/mol. The molecule has 0 unspecified atom stereocenters. The van der Waals surface area contributed by atoms with Gasteiger partial charge >= 0.3 is 0 Å². The lowest BCUT2D eigenvalue weighted by atomic mass is 10.1. The van der Waals surface area contributed by atoms with E-state index in [9.17, 15) is 20.2 Å². The van der Waals surface area contributed by atoms with Crippen LogP contribution in [0.5, 0.6) is 17.2 Å². The van der Waals surface area contributed by atoms with E-state index in [0.717, 1.165) is 11.4 Å². The molecular formula is C27H26ClN5O7S. The van der Waals surface area contributed by atoms with Crippen molar-refractivity contribution in [3.63, 3.8) is 0 Å². The number of halogens is 1. The number of hydrogen-bond donors (Lipinski definition) is 0. The highest BCUT2D eigenvalue weighted by molar-refractivity contribution is 7.99.